The molecular formula is C19H12ClF2N2O2. The summed E-state index contributed by atoms with van der Waals surface area (Å²) in [6, 6.07) is 12.2. The number of para-hydroxylation sites is 1. The molecule has 2 N–H and O–H groups in total. The largest absolute Gasteiger partial charge is 0.451 e. The molecule has 7 heteroatoms. The molecule has 1 aromatic heterocycles. The van der Waals surface area contributed by atoms with Crippen molar-refractivity contribution in [3.63, 3.8) is 0 Å². The van der Waals surface area contributed by atoms with Gasteiger partial charge in [-0.05, 0) is 29.8 Å². The predicted octanol–water partition coefficient (Wildman–Crippen LogP) is 4.51. The second kappa shape index (κ2) is 7.49. The van der Waals surface area contributed by atoms with E-state index < -0.39 is 28.9 Å². The average molecular weight is 374 g/mol. The van der Waals surface area contributed by atoms with Crippen molar-refractivity contribution in [2.24, 2.45) is 5.73 Å². The third-order valence-electron chi connectivity index (χ3n) is 3.49. The van der Waals surface area contributed by atoms with E-state index in [2.05, 4.69) is 4.98 Å². The van der Waals surface area contributed by atoms with Crippen molar-refractivity contribution in [3.05, 3.63) is 94.6 Å². The Morgan fingerprint density at radius 3 is 2.46 bits per heavy atom. The Labute approximate surface area is 153 Å². The van der Waals surface area contributed by atoms with Gasteiger partial charge in [0, 0.05) is 18.2 Å². The summed E-state index contributed by atoms with van der Waals surface area (Å²) in [6.07, 6.45) is 2.79. The molecule has 0 saturated carbocycles. The number of hydrogen-bond donors (Lipinski definition) is 1. The highest BCUT2D eigenvalue weighted by Gasteiger charge is 2.23. The molecule has 26 heavy (non-hydrogen) atoms. The van der Waals surface area contributed by atoms with Crippen molar-refractivity contribution in [2.75, 3.05) is 0 Å². The molecule has 0 fully saturated rings. The first kappa shape index (κ1) is 17.8. The summed E-state index contributed by atoms with van der Waals surface area (Å²) in [5.41, 5.74) is 5.15. The van der Waals surface area contributed by atoms with Crippen molar-refractivity contribution >= 4 is 17.5 Å². The highest BCUT2D eigenvalue weighted by molar-refractivity contribution is 6.29. The van der Waals surface area contributed by atoms with E-state index in [9.17, 15) is 13.6 Å². The summed E-state index contributed by atoms with van der Waals surface area (Å²) in [5, 5.41) is 0.271. The first-order chi connectivity index (χ1) is 12.5. The van der Waals surface area contributed by atoms with Crippen molar-refractivity contribution < 1.29 is 18.3 Å². The zero-order valence-electron chi connectivity index (χ0n) is 13.2. The molecular weight excluding hydrogens is 362 g/mol. The highest BCUT2D eigenvalue weighted by atomic mass is 35.5. The van der Waals surface area contributed by atoms with E-state index in [0.717, 1.165) is 6.07 Å². The van der Waals surface area contributed by atoms with E-state index in [1.54, 1.807) is 24.3 Å². The van der Waals surface area contributed by atoms with Crippen LogP contribution in [0, 0.1) is 18.1 Å². The lowest BCUT2D eigenvalue weighted by Gasteiger charge is -2.13. The zero-order chi connectivity index (χ0) is 18.7. The van der Waals surface area contributed by atoms with Crippen LogP contribution in [-0.4, -0.2) is 10.9 Å². The smallest absolute Gasteiger partial charge is 0.251 e. The topological polar surface area (TPSA) is 65.2 Å². The molecule has 0 saturated heterocycles. The van der Waals surface area contributed by atoms with Crippen molar-refractivity contribution in [1.29, 1.82) is 0 Å². The Hall–Kier alpha value is -2.99. The number of ether oxygens (including phenoxy) is 1. The molecule has 131 valence electrons. The monoisotopic (exact) mass is 373 g/mol. The lowest BCUT2D eigenvalue weighted by Crippen LogP contribution is -2.15. The summed E-state index contributed by atoms with van der Waals surface area (Å²) >= 11 is 5.72. The van der Waals surface area contributed by atoms with Crippen LogP contribution in [0.25, 0.3) is 0 Å². The SMILES string of the molecule is NC(=O)c1cc([CH]c2ccc(Cl)nc2)c(F)c(Oc2ccccc2)c1F. The van der Waals surface area contributed by atoms with Gasteiger partial charge in [-0.25, -0.2) is 13.8 Å². The molecule has 0 aliphatic carbocycles. The number of pyridine rings is 1. The lowest BCUT2D eigenvalue weighted by atomic mass is 10.0. The van der Waals surface area contributed by atoms with Crippen LogP contribution in [0.4, 0.5) is 8.78 Å². The molecule has 3 rings (SSSR count). The predicted molar refractivity (Wildman–Crippen MR) is 93.1 cm³/mol. The zero-order valence-corrected chi connectivity index (χ0v) is 14.0. The number of nitrogens with two attached hydrogens (primary N) is 1. The van der Waals surface area contributed by atoms with E-state index in [0.29, 0.717) is 5.56 Å². The van der Waals surface area contributed by atoms with Gasteiger partial charge in [0.25, 0.3) is 5.91 Å². The lowest BCUT2D eigenvalue weighted by molar-refractivity contribution is 0.0995. The van der Waals surface area contributed by atoms with Gasteiger partial charge >= 0.3 is 0 Å². The molecule has 0 aliphatic rings. The van der Waals surface area contributed by atoms with Gasteiger partial charge in [0.1, 0.15) is 10.9 Å². The Bertz CT molecular complexity index is 948. The van der Waals surface area contributed by atoms with E-state index in [-0.39, 0.29) is 16.5 Å². The minimum absolute atomic E-state index is 0.0738. The Balaban J connectivity index is 2.06. The number of rotatable bonds is 5. The number of hydrogen-bond acceptors (Lipinski definition) is 3. The molecule has 0 aliphatic heterocycles. The van der Waals surface area contributed by atoms with Crippen molar-refractivity contribution in [3.8, 4) is 11.5 Å². The first-order valence-electron chi connectivity index (χ1n) is 7.46. The van der Waals surface area contributed by atoms with Crippen molar-refractivity contribution in [1.82, 2.24) is 4.98 Å². The second-order valence-electron chi connectivity index (χ2n) is 5.31. The summed E-state index contributed by atoms with van der Waals surface area (Å²) in [4.78, 5) is 15.4. The number of benzene rings is 2. The molecule has 0 unspecified atom stereocenters. The molecule has 0 atom stereocenters. The van der Waals surface area contributed by atoms with Crippen LogP contribution in [0.1, 0.15) is 21.5 Å². The average Bonchev–Trinajstić information content (AvgIpc) is 2.63. The fraction of sp³-hybridized carbons (Fsp3) is 0. The third kappa shape index (κ3) is 3.81. The highest BCUT2D eigenvalue weighted by Crippen LogP contribution is 2.33. The number of carbonyl (C=O) groups is 1. The maximum absolute atomic E-state index is 14.8. The van der Waals surface area contributed by atoms with Gasteiger partial charge in [-0.1, -0.05) is 35.9 Å². The minimum Gasteiger partial charge on any atom is -0.451 e. The quantitative estimate of drug-likeness (QED) is 0.669. The molecule has 4 nitrogen and oxygen atoms in total. The van der Waals surface area contributed by atoms with Crippen LogP contribution < -0.4 is 10.5 Å². The fourth-order valence-electron chi connectivity index (χ4n) is 2.26. The van der Waals surface area contributed by atoms with Gasteiger partial charge < -0.3 is 10.5 Å². The molecule has 1 amide bonds. The Kier molecular flexibility index (Phi) is 5.14. The van der Waals surface area contributed by atoms with Crippen LogP contribution in [-0.2, 0) is 0 Å². The fourth-order valence-corrected chi connectivity index (χ4v) is 2.38. The Morgan fingerprint density at radius 2 is 1.85 bits per heavy atom. The van der Waals surface area contributed by atoms with Crippen LogP contribution >= 0.6 is 11.6 Å². The number of halogens is 3. The minimum atomic E-state index is -1.16. The van der Waals surface area contributed by atoms with Gasteiger partial charge in [-0.2, -0.15) is 0 Å². The molecule has 2 aromatic carbocycles. The summed E-state index contributed by atoms with van der Waals surface area (Å²) in [7, 11) is 0. The number of nitrogens with zero attached hydrogens (tertiary/aromatic N) is 1. The molecule has 3 aromatic rings. The van der Waals surface area contributed by atoms with Crippen molar-refractivity contribution in [2.45, 2.75) is 0 Å². The van der Waals surface area contributed by atoms with Gasteiger partial charge in [-0.3, -0.25) is 4.79 Å². The number of aromatic nitrogens is 1. The summed E-state index contributed by atoms with van der Waals surface area (Å²) in [6.45, 7) is 0. The Morgan fingerprint density at radius 1 is 1.12 bits per heavy atom. The third-order valence-corrected chi connectivity index (χ3v) is 3.71. The van der Waals surface area contributed by atoms with Gasteiger partial charge in [0.2, 0.25) is 0 Å². The summed E-state index contributed by atoms with van der Waals surface area (Å²) in [5.74, 6) is -3.66. The number of carbonyl (C=O) groups excluding carboxylic acids is 1. The van der Waals surface area contributed by atoms with Gasteiger partial charge in [0.05, 0.1) is 5.56 Å². The van der Waals surface area contributed by atoms with Crippen LogP contribution in [0.15, 0.2) is 54.7 Å². The maximum atomic E-state index is 14.8. The molecule has 0 spiro atoms. The number of amides is 1. The first-order valence-corrected chi connectivity index (χ1v) is 7.84. The standard InChI is InChI=1S/C19H12ClF2N2O2/c20-15-7-6-11(10-24-15)8-12-9-14(19(23)25)17(22)18(16(12)21)26-13-4-2-1-3-5-13/h1-10H,(H2,23,25). The molecule has 1 heterocycles. The normalized spacial score (nSPS) is 10.6. The second-order valence-corrected chi connectivity index (χ2v) is 5.70. The van der Waals surface area contributed by atoms with Gasteiger partial charge in [0.15, 0.2) is 17.4 Å². The van der Waals surface area contributed by atoms with E-state index >= 15 is 0 Å². The van der Waals surface area contributed by atoms with E-state index in [4.69, 9.17) is 22.1 Å². The number of primary amides is 1. The molecule has 0 bridgehead atoms. The van der Waals surface area contributed by atoms with E-state index in [1.807, 2.05) is 0 Å². The summed E-state index contributed by atoms with van der Waals surface area (Å²) < 4.78 is 34.7. The van der Waals surface area contributed by atoms with Crippen LogP contribution in [0.3, 0.4) is 0 Å². The molecule has 1 radical (unpaired) electrons. The van der Waals surface area contributed by atoms with Gasteiger partial charge in [-0.15, -0.1) is 0 Å². The maximum Gasteiger partial charge on any atom is 0.251 e. The van der Waals surface area contributed by atoms with Crippen LogP contribution in [0.5, 0.6) is 11.5 Å². The van der Waals surface area contributed by atoms with Crippen LogP contribution in [0.2, 0.25) is 5.15 Å². The van der Waals surface area contributed by atoms with E-state index in [1.165, 1.54) is 30.8 Å².